The first-order chi connectivity index (χ1) is 11.2. The number of benzene rings is 2. The van der Waals surface area contributed by atoms with Crippen molar-refractivity contribution in [1.29, 1.82) is 0 Å². The summed E-state index contributed by atoms with van der Waals surface area (Å²) >= 11 is 3.46. The van der Waals surface area contributed by atoms with Crippen molar-refractivity contribution < 1.29 is 9.53 Å². The summed E-state index contributed by atoms with van der Waals surface area (Å²) in [5.41, 5.74) is 2.30. The Kier molecular flexibility index (Phi) is 7.30. The van der Waals surface area contributed by atoms with Crippen molar-refractivity contribution in [3.8, 4) is 0 Å². The molecule has 2 aromatic rings. The first-order valence-corrected chi connectivity index (χ1v) is 8.53. The molecule has 0 unspecified atom stereocenters. The minimum Gasteiger partial charge on any atom is -0.383 e. The zero-order chi connectivity index (χ0) is 16.5. The van der Waals surface area contributed by atoms with Crippen LogP contribution in [0.1, 0.15) is 17.5 Å². The molecule has 0 aliphatic heterocycles. The second-order valence-electron chi connectivity index (χ2n) is 5.42. The average Bonchev–Trinajstić information content (AvgIpc) is 2.57. The van der Waals surface area contributed by atoms with E-state index in [1.54, 1.807) is 7.11 Å². The summed E-state index contributed by atoms with van der Waals surface area (Å²) in [7, 11) is 1.66. The Morgan fingerprint density at radius 3 is 2.52 bits per heavy atom. The number of methoxy groups -OCH3 is 1. The summed E-state index contributed by atoms with van der Waals surface area (Å²) in [4.78, 5) is 14.4. The van der Waals surface area contributed by atoms with Gasteiger partial charge in [0.1, 0.15) is 0 Å². The molecular weight excluding hydrogens is 354 g/mol. The lowest BCUT2D eigenvalue weighted by atomic mass is 10.1. The van der Waals surface area contributed by atoms with E-state index in [9.17, 15) is 4.79 Å². The molecule has 0 saturated heterocycles. The fourth-order valence-corrected chi connectivity index (χ4v) is 2.85. The Morgan fingerprint density at radius 1 is 1.09 bits per heavy atom. The van der Waals surface area contributed by atoms with E-state index in [0.29, 0.717) is 26.1 Å². The summed E-state index contributed by atoms with van der Waals surface area (Å²) in [5.74, 6) is 0.158. The van der Waals surface area contributed by atoms with Crippen LogP contribution in [0, 0.1) is 0 Å². The first-order valence-electron chi connectivity index (χ1n) is 7.74. The van der Waals surface area contributed by atoms with E-state index in [2.05, 4.69) is 28.1 Å². The monoisotopic (exact) mass is 375 g/mol. The van der Waals surface area contributed by atoms with Gasteiger partial charge in [-0.05, 0) is 29.7 Å². The molecule has 1 amide bonds. The molecule has 0 fully saturated rings. The van der Waals surface area contributed by atoms with E-state index in [1.807, 2.05) is 47.4 Å². The number of hydrogen-bond donors (Lipinski definition) is 0. The normalized spacial score (nSPS) is 10.5. The Morgan fingerprint density at radius 2 is 1.83 bits per heavy atom. The molecule has 122 valence electrons. The molecule has 4 heteroatoms. The van der Waals surface area contributed by atoms with Crippen molar-refractivity contribution in [3.63, 3.8) is 0 Å². The molecule has 0 bridgehead atoms. The van der Waals surface area contributed by atoms with Gasteiger partial charge in [-0.2, -0.15) is 0 Å². The second kappa shape index (κ2) is 9.48. The molecule has 23 heavy (non-hydrogen) atoms. The second-order valence-corrected chi connectivity index (χ2v) is 6.34. The van der Waals surface area contributed by atoms with E-state index in [4.69, 9.17) is 4.74 Å². The van der Waals surface area contributed by atoms with Gasteiger partial charge in [-0.25, -0.2) is 0 Å². The fourth-order valence-electron chi connectivity index (χ4n) is 2.40. The number of ether oxygens (including phenoxy) is 1. The SMILES string of the molecule is COCCN(Cc1ccccc1)C(=O)CCc1cccc(Br)c1. The fraction of sp³-hybridized carbons (Fsp3) is 0.316. The number of carbonyl (C=O) groups is 1. The number of rotatable bonds is 8. The van der Waals surface area contributed by atoms with E-state index < -0.39 is 0 Å². The van der Waals surface area contributed by atoms with Gasteiger partial charge in [-0.3, -0.25) is 4.79 Å². The van der Waals surface area contributed by atoms with Gasteiger partial charge in [0.15, 0.2) is 0 Å². The third kappa shape index (κ3) is 6.16. The van der Waals surface area contributed by atoms with Crippen LogP contribution in [-0.2, 0) is 22.5 Å². The van der Waals surface area contributed by atoms with Crippen molar-refractivity contribution in [1.82, 2.24) is 4.90 Å². The van der Waals surface area contributed by atoms with Crippen molar-refractivity contribution in [3.05, 3.63) is 70.2 Å². The minimum absolute atomic E-state index is 0.158. The molecule has 0 heterocycles. The maximum Gasteiger partial charge on any atom is 0.223 e. The van der Waals surface area contributed by atoms with Gasteiger partial charge in [0.25, 0.3) is 0 Å². The summed E-state index contributed by atoms with van der Waals surface area (Å²) in [6.07, 6.45) is 1.25. The smallest absolute Gasteiger partial charge is 0.223 e. The lowest BCUT2D eigenvalue weighted by molar-refractivity contribution is -0.132. The van der Waals surface area contributed by atoms with Crippen LogP contribution < -0.4 is 0 Å². The van der Waals surface area contributed by atoms with Crippen LogP contribution >= 0.6 is 15.9 Å². The number of halogens is 1. The van der Waals surface area contributed by atoms with Gasteiger partial charge in [0.2, 0.25) is 5.91 Å². The van der Waals surface area contributed by atoms with Crippen molar-refractivity contribution >= 4 is 21.8 Å². The van der Waals surface area contributed by atoms with Crippen LogP contribution in [0.15, 0.2) is 59.1 Å². The summed E-state index contributed by atoms with van der Waals surface area (Å²) in [6, 6.07) is 18.2. The van der Waals surface area contributed by atoms with Crippen molar-refractivity contribution in [2.75, 3.05) is 20.3 Å². The van der Waals surface area contributed by atoms with Crippen molar-refractivity contribution in [2.45, 2.75) is 19.4 Å². The maximum absolute atomic E-state index is 12.6. The molecule has 0 saturated carbocycles. The highest BCUT2D eigenvalue weighted by molar-refractivity contribution is 9.10. The first kappa shape index (κ1) is 17.7. The maximum atomic E-state index is 12.6. The van der Waals surface area contributed by atoms with Gasteiger partial charge in [-0.15, -0.1) is 0 Å². The van der Waals surface area contributed by atoms with Crippen LogP contribution in [0.2, 0.25) is 0 Å². The number of nitrogens with zero attached hydrogens (tertiary/aromatic N) is 1. The lowest BCUT2D eigenvalue weighted by Crippen LogP contribution is -2.33. The molecule has 3 nitrogen and oxygen atoms in total. The Balaban J connectivity index is 1.95. The summed E-state index contributed by atoms with van der Waals surface area (Å²) in [5, 5.41) is 0. The van der Waals surface area contributed by atoms with Crippen LogP contribution in [0.4, 0.5) is 0 Å². The lowest BCUT2D eigenvalue weighted by Gasteiger charge is -2.22. The quantitative estimate of drug-likeness (QED) is 0.696. The molecule has 0 atom stereocenters. The van der Waals surface area contributed by atoms with Gasteiger partial charge < -0.3 is 9.64 Å². The molecule has 0 spiro atoms. The van der Waals surface area contributed by atoms with Gasteiger partial charge >= 0.3 is 0 Å². The van der Waals surface area contributed by atoms with Crippen molar-refractivity contribution in [2.24, 2.45) is 0 Å². The van der Waals surface area contributed by atoms with E-state index >= 15 is 0 Å². The Hall–Kier alpha value is -1.65. The Bertz CT molecular complexity index is 616. The zero-order valence-electron chi connectivity index (χ0n) is 13.4. The number of amides is 1. The molecular formula is C19H22BrNO2. The number of hydrogen-bond acceptors (Lipinski definition) is 2. The van der Waals surface area contributed by atoms with E-state index in [-0.39, 0.29) is 5.91 Å². The molecule has 0 aliphatic carbocycles. The third-order valence-corrected chi connectivity index (χ3v) is 4.14. The third-order valence-electron chi connectivity index (χ3n) is 3.65. The largest absolute Gasteiger partial charge is 0.383 e. The molecule has 0 radical (unpaired) electrons. The van der Waals surface area contributed by atoms with Gasteiger partial charge in [0.05, 0.1) is 6.61 Å². The van der Waals surface area contributed by atoms with Crippen LogP contribution in [-0.4, -0.2) is 31.1 Å². The van der Waals surface area contributed by atoms with Crippen LogP contribution in [0.5, 0.6) is 0 Å². The molecule has 0 aromatic heterocycles. The van der Waals surface area contributed by atoms with E-state index in [0.717, 1.165) is 16.5 Å². The topological polar surface area (TPSA) is 29.5 Å². The molecule has 2 aromatic carbocycles. The molecule has 2 rings (SSSR count). The predicted molar refractivity (Wildman–Crippen MR) is 96.2 cm³/mol. The van der Waals surface area contributed by atoms with Crippen LogP contribution in [0.3, 0.4) is 0 Å². The highest BCUT2D eigenvalue weighted by atomic mass is 79.9. The number of aryl methyl sites for hydroxylation is 1. The standard InChI is InChI=1S/C19H22BrNO2/c1-23-13-12-21(15-17-6-3-2-4-7-17)19(22)11-10-16-8-5-9-18(20)14-16/h2-9,14H,10-13,15H2,1H3. The van der Waals surface area contributed by atoms with Crippen LogP contribution in [0.25, 0.3) is 0 Å². The predicted octanol–water partition coefficient (Wildman–Crippen LogP) is 4.06. The highest BCUT2D eigenvalue weighted by Gasteiger charge is 2.13. The molecule has 0 aliphatic rings. The zero-order valence-corrected chi connectivity index (χ0v) is 15.0. The van der Waals surface area contributed by atoms with E-state index in [1.165, 1.54) is 5.56 Å². The summed E-state index contributed by atoms with van der Waals surface area (Å²) in [6.45, 7) is 1.79. The molecule has 0 N–H and O–H groups in total. The van der Waals surface area contributed by atoms with Gasteiger partial charge in [0, 0.05) is 31.1 Å². The Labute approximate surface area is 146 Å². The van der Waals surface area contributed by atoms with Gasteiger partial charge in [-0.1, -0.05) is 58.4 Å². The number of carbonyl (C=O) groups excluding carboxylic acids is 1. The summed E-state index contributed by atoms with van der Waals surface area (Å²) < 4.78 is 6.18. The highest BCUT2D eigenvalue weighted by Crippen LogP contribution is 2.14. The minimum atomic E-state index is 0.158. The average molecular weight is 376 g/mol.